The van der Waals surface area contributed by atoms with Gasteiger partial charge >= 0.3 is 0 Å². The van der Waals surface area contributed by atoms with Crippen LogP contribution in [0.3, 0.4) is 0 Å². The van der Waals surface area contributed by atoms with Crippen molar-refractivity contribution in [2.45, 2.75) is 20.0 Å². The second-order valence-corrected chi connectivity index (χ2v) is 4.35. The van der Waals surface area contributed by atoms with Crippen LogP contribution >= 0.6 is 11.3 Å². The fourth-order valence-electron chi connectivity index (χ4n) is 1.42. The third-order valence-corrected chi connectivity index (χ3v) is 3.23. The third kappa shape index (κ3) is 2.30. The quantitative estimate of drug-likeness (QED) is 0.808. The SMILES string of the molecule is C=CCn1ccnc1NCc1scnc1C. The average Bonchev–Trinajstić information content (AvgIpc) is 2.86. The van der Waals surface area contributed by atoms with Crippen LogP contribution in [-0.4, -0.2) is 14.5 Å². The lowest BCUT2D eigenvalue weighted by molar-refractivity contribution is 0.820. The first-order valence-corrected chi connectivity index (χ1v) is 5.94. The molecular formula is C11H14N4S. The van der Waals surface area contributed by atoms with E-state index in [9.17, 15) is 0 Å². The van der Waals surface area contributed by atoms with Crippen LogP contribution in [0.4, 0.5) is 5.95 Å². The molecule has 0 bridgehead atoms. The smallest absolute Gasteiger partial charge is 0.203 e. The molecule has 0 spiro atoms. The number of thiazole rings is 1. The van der Waals surface area contributed by atoms with Crippen molar-refractivity contribution < 1.29 is 0 Å². The van der Waals surface area contributed by atoms with Gasteiger partial charge in [-0.05, 0) is 6.92 Å². The van der Waals surface area contributed by atoms with Gasteiger partial charge in [0.2, 0.25) is 5.95 Å². The number of hydrogen-bond donors (Lipinski definition) is 1. The van der Waals surface area contributed by atoms with Crippen LogP contribution in [0.5, 0.6) is 0 Å². The number of anilines is 1. The van der Waals surface area contributed by atoms with Gasteiger partial charge in [0, 0.05) is 23.8 Å². The zero-order valence-electron chi connectivity index (χ0n) is 9.18. The van der Waals surface area contributed by atoms with Crippen molar-refractivity contribution in [3.8, 4) is 0 Å². The van der Waals surface area contributed by atoms with Crippen molar-refractivity contribution in [2.24, 2.45) is 0 Å². The largest absolute Gasteiger partial charge is 0.351 e. The highest BCUT2D eigenvalue weighted by Crippen LogP contribution is 2.14. The molecule has 0 aliphatic rings. The first-order valence-electron chi connectivity index (χ1n) is 5.06. The maximum atomic E-state index is 4.25. The van der Waals surface area contributed by atoms with Crippen LogP contribution in [0.15, 0.2) is 30.6 Å². The van der Waals surface area contributed by atoms with E-state index in [1.54, 1.807) is 17.5 Å². The Morgan fingerprint density at radius 2 is 2.44 bits per heavy atom. The number of rotatable bonds is 5. The summed E-state index contributed by atoms with van der Waals surface area (Å²) in [6, 6.07) is 0. The molecule has 84 valence electrons. The van der Waals surface area contributed by atoms with Crippen LogP contribution in [0.2, 0.25) is 0 Å². The Morgan fingerprint density at radius 1 is 1.56 bits per heavy atom. The second kappa shape index (κ2) is 4.94. The van der Waals surface area contributed by atoms with E-state index in [1.807, 2.05) is 29.3 Å². The van der Waals surface area contributed by atoms with E-state index < -0.39 is 0 Å². The van der Waals surface area contributed by atoms with Crippen LogP contribution in [0.25, 0.3) is 0 Å². The fraction of sp³-hybridized carbons (Fsp3) is 0.273. The molecular weight excluding hydrogens is 220 g/mol. The molecule has 1 N–H and O–H groups in total. The lowest BCUT2D eigenvalue weighted by atomic mass is 10.4. The minimum Gasteiger partial charge on any atom is -0.351 e. The van der Waals surface area contributed by atoms with Crippen molar-refractivity contribution in [1.82, 2.24) is 14.5 Å². The van der Waals surface area contributed by atoms with Crippen molar-refractivity contribution in [3.05, 3.63) is 41.1 Å². The summed E-state index contributed by atoms with van der Waals surface area (Å²) in [6.45, 7) is 7.27. The monoisotopic (exact) mass is 234 g/mol. The molecule has 0 saturated heterocycles. The number of nitrogens with one attached hydrogen (secondary N) is 1. The summed E-state index contributed by atoms with van der Waals surface area (Å²) in [5, 5.41) is 3.30. The van der Waals surface area contributed by atoms with E-state index in [0.29, 0.717) is 0 Å². The van der Waals surface area contributed by atoms with E-state index in [2.05, 4.69) is 21.9 Å². The Hall–Kier alpha value is -1.62. The molecule has 2 rings (SSSR count). The molecule has 2 heterocycles. The normalized spacial score (nSPS) is 10.3. The number of nitrogens with zero attached hydrogens (tertiary/aromatic N) is 3. The minimum atomic E-state index is 0.768. The van der Waals surface area contributed by atoms with Gasteiger partial charge in [0.15, 0.2) is 0 Å². The molecule has 0 saturated carbocycles. The van der Waals surface area contributed by atoms with Gasteiger partial charge in [-0.3, -0.25) is 0 Å². The lowest BCUT2D eigenvalue weighted by Gasteiger charge is -2.06. The number of imidazole rings is 1. The minimum absolute atomic E-state index is 0.768. The summed E-state index contributed by atoms with van der Waals surface area (Å²) >= 11 is 1.66. The summed E-state index contributed by atoms with van der Waals surface area (Å²) in [7, 11) is 0. The molecule has 4 nitrogen and oxygen atoms in total. The van der Waals surface area contributed by atoms with Gasteiger partial charge < -0.3 is 9.88 Å². The predicted octanol–water partition coefficient (Wildman–Crippen LogP) is 2.45. The Morgan fingerprint density at radius 3 is 3.12 bits per heavy atom. The van der Waals surface area contributed by atoms with Crippen LogP contribution in [0.1, 0.15) is 10.6 Å². The number of allylic oxidation sites excluding steroid dienone is 1. The van der Waals surface area contributed by atoms with Gasteiger partial charge in [0.05, 0.1) is 17.7 Å². The molecule has 0 fully saturated rings. The number of aromatic nitrogens is 3. The molecule has 2 aromatic heterocycles. The zero-order chi connectivity index (χ0) is 11.4. The van der Waals surface area contributed by atoms with Crippen LogP contribution in [0, 0.1) is 6.92 Å². The van der Waals surface area contributed by atoms with Crippen molar-refractivity contribution in [3.63, 3.8) is 0 Å². The van der Waals surface area contributed by atoms with E-state index in [0.717, 1.165) is 24.7 Å². The second-order valence-electron chi connectivity index (χ2n) is 3.41. The molecule has 0 radical (unpaired) electrons. The van der Waals surface area contributed by atoms with E-state index in [-0.39, 0.29) is 0 Å². The van der Waals surface area contributed by atoms with Gasteiger partial charge in [-0.25, -0.2) is 9.97 Å². The molecule has 0 aliphatic carbocycles. The maximum Gasteiger partial charge on any atom is 0.203 e. The fourth-order valence-corrected chi connectivity index (χ4v) is 2.13. The zero-order valence-corrected chi connectivity index (χ0v) is 10.00. The molecule has 0 aromatic carbocycles. The molecule has 0 unspecified atom stereocenters. The standard InChI is InChI=1S/C11H14N4S/c1-3-5-15-6-4-12-11(15)13-7-10-9(2)14-8-16-10/h3-4,6,8H,1,5,7H2,2H3,(H,12,13). The Bertz CT molecular complexity index is 472. The van der Waals surface area contributed by atoms with E-state index in [4.69, 9.17) is 0 Å². The van der Waals surface area contributed by atoms with E-state index in [1.165, 1.54) is 4.88 Å². The van der Waals surface area contributed by atoms with Gasteiger partial charge in [-0.15, -0.1) is 17.9 Å². The van der Waals surface area contributed by atoms with Crippen molar-refractivity contribution in [2.75, 3.05) is 5.32 Å². The molecule has 2 aromatic rings. The Balaban J connectivity index is 2.02. The number of aryl methyl sites for hydroxylation is 1. The molecule has 5 heteroatoms. The van der Waals surface area contributed by atoms with Crippen LogP contribution in [-0.2, 0) is 13.1 Å². The van der Waals surface area contributed by atoms with E-state index >= 15 is 0 Å². The summed E-state index contributed by atoms with van der Waals surface area (Å²) in [4.78, 5) is 9.71. The molecule has 16 heavy (non-hydrogen) atoms. The highest BCUT2D eigenvalue weighted by atomic mass is 32.1. The average molecular weight is 234 g/mol. The van der Waals surface area contributed by atoms with Crippen molar-refractivity contribution in [1.29, 1.82) is 0 Å². The predicted molar refractivity (Wildman–Crippen MR) is 66.6 cm³/mol. The first kappa shape index (κ1) is 10.9. The van der Waals surface area contributed by atoms with Gasteiger partial charge in [-0.2, -0.15) is 0 Å². The summed E-state index contributed by atoms with van der Waals surface area (Å²) in [5.41, 5.74) is 2.95. The summed E-state index contributed by atoms with van der Waals surface area (Å²) in [5.74, 6) is 0.868. The first-order chi connectivity index (χ1) is 7.81. The molecule has 0 amide bonds. The van der Waals surface area contributed by atoms with Crippen LogP contribution < -0.4 is 5.32 Å². The van der Waals surface area contributed by atoms with Crippen molar-refractivity contribution >= 4 is 17.3 Å². The maximum absolute atomic E-state index is 4.25. The lowest BCUT2D eigenvalue weighted by Crippen LogP contribution is -2.06. The topological polar surface area (TPSA) is 42.7 Å². The van der Waals surface area contributed by atoms with Gasteiger partial charge in [0.1, 0.15) is 0 Å². The van der Waals surface area contributed by atoms with Gasteiger partial charge in [0.25, 0.3) is 0 Å². The summed E-state index contributed by atoms with van der Waals surface area (Å²) in [6.07, 6.45) is 5.57. The Kier molecular flexibility index (Phi) is 3.36. The summed E-state index contributed by atoms with van der Waals surface area (Å²) < 4.78 is 2.02. The number of hydrogen-bond acceptors (Lipinski definition) is 4. The van der Waals surface area contributed by atoms with Gasteiger partial charge in [-0.1, -0.05) is 6.08 Å². The molecule has 0 atom stereocenters. The highest BCUT2D eigenvalue weighted by molar-refractivity contribution is 7.09. The highest BCUT2D eigenvalue weighted by Gasteiger charge is 2.04. The Labute approximate surface area is 98.7 Å². The third-order valence-electron chi connectivity index (χ3n) is 2.29. The molecule has 0 aliphatic heterocycles.